The average molecular weight is 490 g/mol. The van der Waals surface area contributed by atoms with Gasteiger partial charge in [0.25, 0.3) is 5.56 Å². The van der Waals surface area contributed by atoms with Crippen molar-refractivity contribution in [2.24, 2.45) is 11.8 Å². The quantitative estimate of drug-likeness (QED) is 0.294. The lowest BCUT2D eigenvalue weighted by Crippen LogP contribution is -2.35. The molecule has 2 aromatic heterocycles. The molecule has 0 spiro atoms. The molecule has 1 fully saturated rings. The maximum atomic E-state index is 13.5. The third kappa shape index (κ3) is 4.86. The number of carbonyl (C=O) groups is 1. The van der Waals surface area contributed by atoms with Crippen LogP contribution in [0.5, 0.6) is 0 Å². The predicted octanol–water partition coefficient (Wildman–Crippen LogP) is 5.17. The van der Waals surface area contributed by atoms with Crippen LogP contribution in [0.15, 0.2) is 69.0 Å². The molecule has 180 valence electrons. The molecule has 1 aliphatic rings. The molecular formula is C26H27N5O3S. The van der Waals surface area contributed by atoms with Crippen LogP contribution in [0.4, 0.5) is 6.01 Å². The van der Waals surface area contributed by atoms with Gasteiger partial charge in [0, 0.05) is 11.6 Å². The molecule has 1 saturated carbocycles. The molecule has 2 heterocycles. The molecule has 3 atom stereocenters. The molecule has 1 aliphatic carbocycles. The van der Waals surface area contributed by atoms with E-state index in [2.05, 4.69) is 29.4 Å². The van der Waals surface area contributed by atoms with Crippen molar-refractivity contribution in [3.63, 3.8) is 0 Å². The van der Waals surface area contributed by atoms with Crippen LogP contribution in [-0.4, -0.2) is 31.4 Å². The summed E-state index contributed by atoms with van der Waals surface area (Å²) in [6.45, 7) is 4.45. The van der Waals surface area contributed by atoms with E-state index in [1.165, 1.54) is 11.8 Å². The van der Waals surface area contributed by atoms with Crippen molar-refractivity contribution in [1.82, 2.24) is 19.7 Å². The van der Waals surface area contributed by atoms with Crippen LogP contribution in [0.2, 0.25) is 0 Å². The number of para-hydroxylation sites is 1. The topological polar surface area (TPSA) is 103 Å². The van der Waals surface area contributed by atoms with Gasteiger partial charge < -0.3 is 4.42 Å². The number of amides is 1. The Balaban J connectivity index is 1.37. The van der Waals surface area contributed by atoms with E-state index < -0.39 is 0 Å². The van der Waals surface area contributed by atoms with Crippen LogP contribution in [0, 0.1) is 11.8 Å². The molecule has 8 nitrogen and oxygen atoms in total. The summed E-state index contributed by atoms with van der Waals surface area (Å²) in [7, 11) is 0. The first-order valence-corrected chi connectivity index (χ1v) is 12.8. The Hall–Kier alpha value is -3.46. The number of aromatic nitrogens is 4. The summed E-state index contributed by atoms with van der Waals surface area (Å²) in [6, 6.07) is 16.8. The van der Waals surface area contributed by atoms with E-state index in [4.69, 9.17) is 9.40 Å². The van der Waals surface area contributed by atoms with Gasteiger partial charge in [-0.3, -0.25) is 19.5 Å². The number of fused-ring (bicyclic) bond motifs is 1. The van der Waals surface area contributed by atoms with Crippen molar-refractivity contribution in [3.05, 3.63) is 65.0 Å². The second-order valence-corrected chi connectivity index (χ2v) is 9.98. The highest BCUT2D eigenvalue weighted by atomic mass is 32.2. The number of thioether (sulfide) groups is 1. The lowest BCUT2D eigenvalue weighted by molar-refractivity contribution is -0.113. The summed E-state index contributed by atoms with van der Waals surface area (Å²) < 4.78 is 7.40. The van der Waals surface area contributed by atoms with E-state index in [9.17, 15) is 9.59 Å². The maximum absolute atomic E-state index is 13.5. The fourth-order valence-corrected chi connectivity index (χ4v) is 5.55. The molecule has 0 unspecified atom stereocenters. The zero-order chi connectivity index (χ0) is 24.4. The van der Waals surface area contributed by atoms with Crippen molar-refractivity contribution < 1.29 is 9.21 Å². The molecule has 5 rings (SSSR count). The monoisotopic (exact) mass is 489 g/mol. The smallest absolute Gasteiger partial charge is 0.322 e. The number of hydrogen-bond donors (Lipinski definition) is 1. The molecule has 0 aliphatic heterocycles. The molecule has 9 heteroatoms. The number of anilines is 1. The number of carbonyl (C=O) groups excluding carboxylic acids is 1. The Morgan fingerprint density at radius 3 is 2.69 bits per heavy atom. The van der Waals surface area contributed by atoms with Crippen LogP contribution in [0.3, 0.4) is 0 Å². The molecular weight excluding hydrogens is 462 g/mol. The first-order chi connectivity index (χ1) is 17.0. The Morgan fingerprint density at radius 1 is 1.09 bits per heavy atom. The molecule has 0 bridgehead atoms. The molecule has 0 saturated heterocycles. The van der Waals surface area contributed by atoms with Gasteiger partial charge in [-0.2, -0.15) is 0 Å². The minimum atomic E-state index is -0.308. The van der Waals surface area contributed by atoms with Gasteiger partial charge in [0.05, 0.1) is 16.7 Å². The second-order valence-electron chi connectivity index (χ2n) is 9.04. The number of hydrogen-bond acceptors (Lipinski definition) is 7. The fourth-order valence-electron chi connectivity index (χ4n) is 4.69. The van der Waals surface area contributed by atoms with Gasteiger partial charge in [-0.25, -0.2) is 4.98 Å². The van der Waals surface area contributed by atoms with E-state index in [1.807, 2.05) is 59.2 Å². The summed E-state index contributed by atoms with van der Waals surface area (Å²) in [5.41, 5.74) is 1.36. The summed E-state index contributed by atoms with van der Waals surface area (Å²) >= 11 is 1.25. The summed E-state index contributed by atoms with van der Waals surface area (Å²) in [5, 5.41) is 11.7. The Morgan fingerprint density at radius 2 is 1.86 bits per heavy atom. The van der Waals surface area contributed by atoms with Gasteiger partial charge in [-0.05, 0) is 42.5 Å². The van der Waals surface area contributed by atoms with Gasteiger partial charge in [-0.1, -0.05) is 73.9 Å². The molecule has 1 amide bonds. The maximum Gasteiger partial charge on any atom is 0.322 e. The van der Waals surface area contributed by atoms with Crippen LogP contribution < -0.4 is 10.9 Å². The highest BCUT2D eigenvalue weighted by Gasteiger charge is 2.31. The lowest BCUT2D eigenvalue weighted by Gasteiger charge is -2.36. The van der Waals surface area contributed by atoms with Gasteiger partial charge in [-0.15, -0.1) is 5.10 Å². The zero-order valence-corrected chi connectivity index (χ0v) is 20.5. The van der Waals surface area contributed by atoms with Crippen LogP contribution in [0.1, 0.15) is 39.2 Å². The molecule has 2 aromatic carbocycles. The zero-order valence-electron chi connectivity index (χ0n) is 19.7. The van der Waals surface area contributed by atoms with Gasteiger partial charge in [0.15, 0.2) is 5.16 Å². The third-order valence-corrected chi connectivity index (χ3v) is 7.75. The third-order valence-electron chi connectivity index (χ3n) is 6.80. The van der Waals surface area contributed by atoms with E-state index >= 15 is 0 Å². The number of rotatable bonds is 6. The van der Waals surface area contributed by atoms with Gasteiger partial charge in [0.2, 0.25) is 11.8 Å². The van der Waals surface area contributed by atoms with E-state index in [1.54, 1.807) is 0 Å². The minimum Gasteiger partial charge on any atom is -0.403 e. The van der Waals surface area contributed by atoms with Crippen LogP contribution >= 0.6 is 11.8 Å². The average Bonchev–Trinajstić information content (AvgIpc) is 3.34. The molecule has 4 aromatic rings. The standard InChI is InChI=1S/C26H27N5O3S/c1-16-9-8-14-21(17(16)2)31-24(33)19-12-6-7-13-20(19)27-26(31)35-15-22(32)28-25-30-29-23(34-25)18-10-4-3-5-11-18/h3-7,10-13,16-17,21H,8-9,14-15H2,1-2H3,(H,28,30,32)/t16-,17+,21+/m0/s1. The van der Waals surface area contributed by atoms with Gasteiger partial charge in [0.1, 0.15) is 0 Å². The summed E-state index contributed by atoms with van der Waals surface area (Å²) in [6.07, 6.45) is 3.16. The second kappa shape index (κ2) is 10.0. The lowest BCUT2D eigenvalue weighted by atomic mass is 9.78. The van der Waals surface area contributed by atoms with Crippen molar-refractivity contribution in [2.45, 2.75) is 44.3 Å². The SMILES string of the molecule is C[C@H]1[C@H](n2c(SCC(=O)Nc3nnc(-c4ccccc4)o3)nc3ccccc3c2=O)CCC[C@@H]1C. The first kappa shape index (κ1) is 23.3. The highest BCUT2D eigenvalue weighted by molar-refractivity contribution is 7.99. The van der Waals surface area contributed by atoms with E-state index in [-0.39, 0.29) is 29.3 Å². The summed E-state index contributed by atoms with van der Waals surface area (Å²) in [5.74, 6) is 0.943. The van der Waals surface area contributed by atoms with Crippen molar-refractivity contribution in [2.75, 3.05) is 11.1 Å². The summed E-state index contributed by atoms with van der Waals surface area (Å²) in [4.78, 5) is 31.0. The normalized spacial score (nSPS) is 20.1. The van der Waals surface area contributed by atoms with E-state index in [0.717, 1.165) is 24.8 Å². The van der Waals surface area contributed by atoms with E-state index in [0.29, 0.717) is 33.8 Å². The largest absolute Gasteiger partial charge is 0.403 e. The number of nitrogens with zero attached hydrogens (tertiary/aromatic N) is 4. The number of benzene rings is 2. The Kier molecular flexibility index (Phi) is 6.68. The van der Waals surface area contributed by atoms with Gasteiger partial charge >= 0.3 is 6.01 Å². The first-order valence-electron chi connectivity index (χ1n) is 11.8. The molecule has 1 N–H and O–H groups in total. The Labute approximate surface area is 207 Å². The van der Waals surface area contributed by atoms with Crippen molar-refractivity contribution >= 4 is 34.6 Å². The minimum absolute atomic E-state index is 0.0352. The van der Waals surface area contributed by atoms with Crippen molar-refractivity contribution in [3.8, 4) is 11.5 Å². The predicted molar refractivity (Wildman–Crippen MR) is 136 cm³/mol. The molecule has 35 heavy (non-hydrogen) atoms. The number of nitrogens with one attached hydrogen (secondary N) is 1. The van der Waals surface area contributed by atoms with Crippen molar-refractivity contribution in [1.29, 1.82) is 0 Å². The Bertz CT molecular complexity index is 1400. The molecule has 0 radical (unpaired) electrons. The fraction of sp³-hybridized carbons (Fsp3) is 0.346. The van der Waals surface area contributed by atoms with Crippen LogP contribution in [-0.2, 0) is 4.79 Å². The van der Waals surface area contributed by atoms with Crippen LogP contribution in [0.25, 0.3) is 22.4 Å². The highest BCUT2D eigenvalue weighted by Crippen LogP contribution is 2.38.